The van der Waals surface area contributed by atoms with Gasteiger partial charge in [0.2, 0.25) is 0 Å². The van der Waals surface area contributed by atoms with E-state index in [2.05, 4.69) is 78.8 Å². The van der Waals surface area contributed by atoms with Gasteiger partial charge in [0.25, 0.3) is 0 Å². The Morgan fingerprint density at radius 2 is 1.93 bits per heavy atom. The van der Waals surface area contributed by atoms with Gasteiger partial charge in [0.05, 0.1) is 5.69 Å². The van der Waals surface area contributed by atoms with E-state index in [0.29, 0.717) is 11.3 Å². The molecule has 1 nitrogen and oxygen atoms in total. The van der Waals surface area contributed by atoms with Gasteiger partial charge in [-0.3, -0.25) is 4.98 Å². The molecule has 3 aliphatic rings. The lowest BCUT2D eigenvalue weighted by atomic mass is 9.60. The minimum Gasteiger partial charge on any atom is -0.256 e. The second kappa shape index (κ2) is 6.42. The second-order valence-corrected chi connectivity index (χ2v) is 10.6. The van der Waals surface area contributed by atoms with E-state index in [1.807, 2.05) is 6.20 Å². The molecule has 0 saturated heterocycles. The van der Waals surface area contributed by atoms with Crippen LogP contribution in [0.5, 0.6) is 0 Å². The molecule has 1 heteroatoms. The quantitative estimate of drug-likeness (QED) is 0.480. The van der Waals surface area contributed by atoms with Crippen molar-refractivity contribution < 1.29 is 0 Å². The van der Waals surface area contributed by atoms with E-state index in [0.717, 1.165) is 18.8 Å². The number of hydrogen-bond acceptors (Lipinski definition) is 1. The Kier molecular flexibility index (Phi) is 4.24. The summed E-state index contributed by atoms with van der Waals surface area (Å²) in [4.78, 5) is 5.08. The van der Waals surface area contributed by atoms with Crippen LogP contribution >= 0.6 is 0 Å². The molecule has 0 amide bonds. The monoisotopic (exact) mass is 397 g/mol. The van der Waals surface area contributed by atoms with Crippen molar-refractivity contribution in [2.24, 2.45) is 17.3 Å². The number of nitrogens with zero attached hydrogens (tertiary/aromatic N) is 1. The SMILES string of the molecule is CCC=CC1(C2CC=C(C)C3=C2c2nccc4c(C)c(C)cc(c24)C3(C)C)CC1C. The number of aromatic nitrogens is 1. The zero-order chi connectivity index (χ0) is 21.4. The van der Waals surface area contributed by atoms with Crippen LogP contribution in [-0.4, -0.2) is 4.98 Å². The van der Waals surface area contributed by atoms with Crippen LogP contribution in [0, 0.1) is 31.1 Å². The van der Waals surface area contributed by atoms with Crippen molar-refractivity contribution in [2.45, 2.75) is 73.1 Å². The number of hydrogen-bond donors (Lipinski definition) is 0. The first-order chi connectivity index (χ1) is 14.2. The summed E-state index contributed by atoms with van der Waals surface area (Å²) in [5.41, 5.74) is 10.3. The van der Waals surface area contributed by atoms with Crippen LogP contribution in [-0.2, 0) is 5.41 Å². The third-order valence-electron chi connectivity index (χ3n) is 8.53. The topological polar surface area (TPSA) is 12.9 Å². The van der Waals surface area contributed by atoms with Gasteiger partial charge in [-0.05, 0) is 96.6 Å². The molecule has 2 aromatic rings. The summed E-state index contributed by atoms with van der Waals surface area (Å²) < 4.78 is 0. The van der Waals surface area contributed by atoms with Crippen molar-refractivity contribution in [3.05, 3.63) is 70.1 Å². The lowest BCUT2D eigenvalue weighted by Crippen LogP contribution is -2.33. The number of benzene rings is 1. The summed E-state index contributed by atoms with van der Waals surface area (Å²) in [7, 11) is 0. The molecule has 1 heterocycles. The third kappa shape index (κ3) is 2.44. The minimum atomic E-state index is -0.00484. The standard InChI is InChI=1S/C29H35N/c1-8-9-13-29(16-19(29)4)22-11-10-17(2)26-25(22)27-24-21(12-14-30-27)20(5)18(3)15-23(24)28(26,6)7/h9-10,12-15,19,22H,8,11,16H2,1-7H3. The molecular formula is C29H35N. The molecule has 1 aromatic heterocycles. The van der Waals surface area contributed by atoms with E-state index in [-0.39, 0.29) is 5.41 Å². The van der Waals surface area contributed by atoms with Crippen molar-refractivity contribution in [1.29, 1.82) is 0 Å². The van der Waals surface area contributed by atoms with E-state index < -0.39 is 0 Å². The highest BCUT2D eigenvalue weighted by Crippen LogP contribution is 2.66. The molecular weight excluding hydrogens is 362 g/mol. The first-order valence-corrected chi connectivity index (χ1v) is 11.7. The van der Waals surface area contributed by atoms with Crippen LogP contribution in [0.4, 0.5) is 0 Å². The van der Waals surface area contributed by atoms with Gasteiger partial charge in [-0.15, -0.1) is 0 Å². The zero-order valence-corrected chi connectivity index (χ0v) is 19.7. The Morgan fingerprint density at radius 1 is 1.20 bits per heavy atom. The Balaban J connectivity index is 1.85. The zero-order valence-electron chi connectivity index (χ0n) is 19.7. The first-order valence-electron chi connectivity index (χ1n) is 11.7. The maximum atomic E-state index is 5.08. The van der Waals surface area contributed by atoms with Crippen LogP contribution in [0.25, 0.3) is 16.3 Å². The van der Waals surface area contributed by atoms with Crippen molar-refractivity contribution in [3.8, 4) is 0 Å². The molecule has 0 bridgehead atoms. The van der Waals surface area contributed by atoms with Crippen molar-refractivity contribution in [1.82, 2.24) is 4.98 Å². The molecule has 30 heavy (non-hydrogen) atoms. The molecule has 0 spiro atoms. The molecule has 3 unspecified atom stereocenters. The van der Waals surface area contributed by atoms with Crippen LogP contribution in [0.2, 0.25) is 0 Å². The Hall–Kier alpha value is -2.15. The molecule has 3 atom stereocenters. The summed E-state index contributed by atoms with van der Waals surface area (Å²) in [6, 6.07) is 4.68. The fourth-order valence-corrected chi connectivity index (χ4v) is 6.63. The average molecular weight is 398 g/mol. The van der Waals surface area contributed by atoms with Gasteiger partial charge in [-0.25, -0.2) is 0 Å². The molecule has 1 fully saturated rings. The fraction of sp³-hybridized carbons (Fsp3) is 0.483. The van der Waals surface area contributed by atoms with Crippen LogP contribution in [0.15, 0.2) is 47.7 Å². The van der Waals surface area contributed by atoms with E-state index in [9.17, 15) is 0 Å². The highest BCUT2D eigenvalue weighted by molar-refractivity contribution is 6.02. The van der Waals surface area contributed by atoms with E-state index >= 15 is 0 Å². The normalized spacial score (nSPS) is 29.4. The molecule has 156 valence electrons. The van der Waals surface area contributed by atoms with Gasteiger partial charge in [0, 0.05) is 17.0 Å². The largest absolute Gasteiger partial charge is 0.256 e. The summed E-state index contributed by atoms with van der Waals surface area (Å²) in [6.45, 7) is 16.4. The first kappa shape index (κ1) is 19.8. The van der Waals surface area contributed by atoms with Crippen LogP contribution in [0.3, 0.4) is 0 Å². The van der Waals surface area contributed by atoms with E-state index in [1.54, 1.807) is 5.57 Å². The molecule has 0 radical (unpaired) electrons. The summed E-state index contributed by atoms with van der Waals surface area (Å²) >= 11 is 0. The van der Waals surface area contributed by atoms with Gasteiger partial charge in [0.1, 0.15) is 0 Å². The molecule has 1 saturated carbocycles. The summed E-state index contributed by atoms with van der Waals surface area (Å²) in [5.74, 6) is 1.27. The van der Waals surface area contributed by atoms with Gasteiger partial charge in [0.15, 0.2) is 0 Å². The smallest absolute Gasteiger partial charge is 0.0749 e. The number of aryl methyl sites for hydroxylation is 2. The van der Waals surface area contributed by atoms with E-state index in [4.69, 9.17) is 4.98 Å². The highest BCUT2D eigenvalue weighted by Gasteiger charge is 2.57. The van der Waals surface area contributed by atoms with Crippen molar-refractivity contribution in [3.63, 3.8) is 0 Å². The van der Waals surface area contributed by atoms with Crippen molar-refractivity contribution >= 4 is 16.3 Å². The second-order valence-electron chi connectivity index (χ2n) is 10.6. The maximum absolute atomic E-state index is 5.08. The molecule has 3 aliphatic carbocycles. The third-order valence-corrected chi connectivity index (χ3v) is 8.53. The lowest BCUT2D eigenvalue weighted by Gasteiger charge is -2.44. The Bertz CT molecular complexity index is 1160. The van der Waals surface area contributed by atoms with Crippen LogP contribution < -0.4 is 0 Å². The average Bonchev–Trinajstić information content (AvgIpc) is 3.37. The molecule has 5 rings (SSSR count). The van der Waals surface area contributed by atoms with E-state index in [1.165, 1.54) is 50.7 Å². The maximum Gasteiger partial charge on any atom is 0.0749 e. The number of fused-ring (bicyclic) bond motifs is 1. The number of pyridine rings is 1. The minimum absolute atomic E-state index is 0.00484. The van der Waals surface area contributed by atoms with Gasteiger partial charge < -0.3 is 0 Å². The predicted molar refractivity (Wildman–Crippen MR) is 129 cm³/mol. The van der Waals surface area contributed by atoms with Gasteiger partial charge in [-0.2, -0.15) is 0 Å². The number of allylic oxidation sites excluding steroid dienone is 6. The van der Waals surface area contributed by atoms with Crippen molar-refractivity contribution in [2.75, 3.05) is 0 Å². The van der Waals surface area contributed by atoms with Gasteiger partial charge >= 0.3 is 0 Å². The summed E-state index contributed by atoms with van der Waals surface area (Å²) in [6.07, 6.45) is 13.1. The highest BCUT2D eigenvalue weighted by atomic mass is 14.7. The van der Waals surface area contributed by atoms with Gasteiger partial charge in [-0.1, -0.05) is 57.6 Å². The Morgan fingerprint density at radius 3 is 2.60 bits per heavy atom. The Labute approximate surface area is 182 Å². The predicted octanol–water partition coefficient (Wildman–Crippen LogP) is 7.86. The summed E-state index contributed by atoms with van der Waals surface area (Å²) in [5, 5.41) is 2.80. The number of rotatable bonds is 3. The molecule has 0 N–H and O–H groups in total. The fourth-order valence-electron chi connectivity index (χ4n) is 6.63. The molecule has 0 aliphatic heterocycles. The van der Waals surface area contributed by atoms with Crippen LogP contribution in [0.1, 0.15) is 76.3 Å². The lowest BCUT2D eigenvalue weighted by molar-refractivity contribution is 0.427. The molecule has 1 aromatic carbocycles.